The largest absolute Gasteiger partial charge is 0.379 e. The Bertz CT molecular complexity index is 771. The van der Waals surface area contributed by atoms with E-state index in [9.17, 15) is 0 Å². The number of nitrogen functional groups attached to an aromatic ring is 1. The van der Waals surface area contributed by atoms with E-state index in [1.807, 2.05) is 20.8 Å². The maximum Gasteiger partial charge on any atom is 0.237 e. The third kappa shape index (κ3) is 2.77. The molecule has 0 aliphatic rings. The number of thioether (sulfide) groups is 1. The fourth-order valence-electron chi connectivity index (χ4n) is 1.58. The maximum absolute atomic E-state index is 5.58. The maximum atomic E-state index is 5.58. The summed E-state index contributed by atoms with van der Waals surface area (Å²) in [5.74, 6) is 1.14. The van der Waals surface area contributed by atoms with Crippen LogP contribution in [0.4, 0.5) is 5.82 Å². The normalized spacial score (nSPS) is 12.0. The summed E-state index contributed by atoms with van der Waals surface area (Å²) in [7, 11) is 0. The predicted octanol–water partition coefficient (Wildman–Crippen LogP) is 0.736. The van der Waals surface area contributed by atoms with Crippen LogP contribution in [-0.2, 0) is 11.3 Å². The first-order valence-electron chi connectivity index (χ1n) is 6.28. The summed E-state index contributed by atoms with van der Waals surface area (Å²) in [6.45, 7) is 6.04. The van der Waals surface area contributed by atoms with Crippen LogP contribution in [0.1, 0.15) is 26.7 Å². The minimum absolute atomic E-state index is 0.108. The predicted molar refractivity (Wildman–Crippen MR) is 74.4 cm³/mol. The minimum atomic E-state index is -0.216. The van der Waals surface area contributed by atoms with Crippen molar-refractivity contribution in [3.63, 3.8) is 0 Å². The zero-order valence-corrected chi connectivity index (χ0v) is 12.9. The van der Waals surface area contributed by atoms with Gasteiger partial charge in [0.1, 0.15) is 0 Å². The first-order chi connectivity index (χ1) is 10.4. The molecule has 0 bridgehead atoms. The first kappa shape index (κ1) is 14.4. The summed E-state index contributed by atoms with van der Waals surface area (Å²) in [4.78, 5) is 4.19. The highest BCUT2D eigenvalue weighted by atomic mass is 32.2. The highest BCUT2D eigenvalue weighted by molar-refractivity contribution is 7.98. The van der Waals surface area contributed by atoms with Gasteiger partial charge in [0.05, 0.1) is 11.3 Å². The number of hydrogen-bond donors (Lipinski definition) is 1. The second-order valence-electron chi connectivity index (χ2n) is 5.34. The van der Waals surface area contributed by atoms with Crippen molar-refractivity contribution in [2.45, 2.75) is 37.2 Å². The summed E-state index contributed by atoms with van der Waals surface area (Å²) < 4.78 is 11.4. The Kier molecular flexibility index (Phi) is 3.52. The molecule has 3 aromatic heterocycles. The van der Waals surface area contributed by atoms with Crippen molar-refractivity contribution >= 4 is 17.6 Å². The van der Waals surface area contributed by atoms with Crippen LogP contribution in [-0.4, -0.2) is 40.7 Å². The number of tetrazole rings is 1. The Morgan fingerprint density at radius 2 is 2.05 bits per heavy atom. The lowest BCUT2D eigenvalue weighted by atomic mass is 10.1. The van der Waals surface area contributed by atoms with Crippen molar-refractivity contribution in [3.05, 3.63) is 5.89 Å². The quantitative estimate of drug-likeness (QED) is 0.677. The average molecular weight is 323 g/mol. The molecule has 11 nitrogen and oxygen atoms in total. The molecule has 0 amide bonds. The molecule has 0 aromatic carbocycles. The van der Waals surface area contributed by atoms with Crippen LogP contribution in [0.5, 0.6) is 0 Å². The van der Waals surface area contributed by atoms with E-state index in [0.29, 0.717) is 16.8 Å². The highest BCUT2D eigenvalue weighted by Gasteiger charge is 2.21. The van der Waals surface area contributed by atoms with Gasteiger partial charge in [-0.2, -0.15) is 4.98 Å². The van der Waals surface area contributed by atoms with Crippen molar-refractivity contribution in [1.82, 2.24) is 40.7 Å². The number of nitrogens with zero attached hydrogens (tertiary/aromatic N) is 8. The van der Waals surface area contributed by atoms with Crippen molar-refractivity contribution in [1.29, 1.82) is 0 Å². The summed E-state index contributed by atoms with van der Waals surface area (Å²) in [6.07, 6.45) is 0. The van der Waals surface area contributed by atoms with E-state index in [-0.39, 0.29) is 22.9 Å². The number of anilines is 1. The molecule has 3 heterocycles. The van der Waals surface area contributed by atoms with Gasteiger partial charge in [-0.1, -0.05) is 16.9 Å². The Labute approximate surface area is 128 Å². The molecule has 0 radical (unpaired) electrons. The Balaban J connectivity index is 1.72. The van der Waals surface area contributed by atoms with Gasteiger partial charge >= 0.3 is 0 Å². The molecule has 0 fully saturated rings. The van der Waals surface area contributed by atoms with Crippen LogP contribution in [0.3, 0.4) is 0 Å². The summed E-state index contributed by atoms with van der Waals surface area (Å²) in [5, 5.41) is 23.2. The SMILES string of the molecule is CC(C)(C)n1nnnc1SCc1nc(-c2nonc2N)no1. The molecular formula is C10H13N9O2S. The molecule has 0 saturated carbocycles. The summed E-state index contributed by atoms with van der Waals surface area (Å²) >= 11 is 1.39. The molecule has 0 aliphatic carbocycles. The van der Waals surface area contributed by atoms with Crippen LogP contribution in [0.2, 0.25) is 0 Å². The lowest BCUT2D eigenvalue weighted by molar-refractivity contribution is 0.310. The van der Waals surface area contributed by atoms with Crippen LogP contribution >= 0.6 is 11.8 Å². The standard InChI is InChI=1S/C10H13N9O2S/c1-10(2,3)19-9(13-17-18-19)22-4-5-12-8(16-20-5)6-7(11)15-21-14-6/h4H2,1-3H3,(H2,11,15). The third-order valence-electron chi connectivity index (χ3n) is 2.59. The number of aromatic nitrogens is 8. The van der Waals surface area contributed by atoms with E-state index in [0.717, 1.165) is 0 Å². The molecule has 0 unspecified atom stereocenters. The molecule has 116 valence electrons. The van der Waals surface area contributed by atoms with Gasteiger partial charge in [0.2, 0.25) is 16.9 Å². The van der Waals surface area contributed by atoms with Crippen LogP contribution in [0.15, 0.2) is 14.3 Å². The third-order valence-corrected chi connectivity index (χ3v) is 3.50. The van der Waals surface area contributed by atoms with Gasteiger partial charge in [-0.3, -0.25) is 0 Å². The van der Waals surface area contributed by atoms with Crippen molar-refractivity contribution in [2.24, 2.45) is 0 Å². The topological polar surface area (TPSA) is 147 Å². The van der Waals surface area contributed by atoms with Crippen LogP contribution in [0, 0.1) is 0 Å². The molecule has 12 heteroatoms. The molecule has 0 spiro atoms. The van der Waals surface area contributed by atoms with E-state index in [2.05, 4.69) is 40.6 Å². The molecule has 0 aliphatic heterocycles. The fourth-order valence-corrected chi connectivity index (χ4v) is 2.47. The van der Waals surface area contributed by atoms with Crippen molar-refractivity contribution < 1.29 is 9.15 Å². The molecule has 22 heavy (non-hydrogen) atoms. The first-order valence-corrected chi connectivity index (χ1v) is 7.26. The van der Waals surface area contributed by atoms with Crippen LogP contribution in [0.25, 0.3) is 11.5 Å². The van der Waals surface area contributed by atoms with Gasteiger partial charge in [-0.05, 0) is 41.5 Å². The van der Waals surface area contributed by atoms with Crippen LogP contribution < -0.4 is 5.73 Å². The van der Waals surface area contributed by atoms with Gasteiger partial charge in [0, 0.05) is 0 Å². The summed E-state index contributed by atoms with van der Waals surface area (Å²) in [6, 6.07) is 0. The van der Waals surface area contributed by atoms with Gasteiger partial charge in [-0.25, -0.2) is 9.31 Å². The summed E-state index contributed by atoms with van der Waals surface area (Å²) in [5.41, 5.74) is 5.61. The number of hydrogen-bond acceptors (Lipinski definition) is 11. The molecule has 2 N–H and O–H groups in total. The van der Waals surface area contributed by atoms with Gasteiger partial charge in [0.15, 0.2) is 11.5 Å². The van der Waals surface area contributed by atoms with Gasteiger partial charge < -0.3 is 10.3 Å². The lowest BCUT2D eigenvalue weighted by Crippen LogP contribution is -2.24. The minimum Gasteiger partial charge on any atom is -0.379 e. The highest BCUT2D eigenvalue weighted by Crippen LogP contribution is 2.25. The monoisotopic (exact) mass is 323 g/mol. The van der Waals surface area contributed by atoms with Gasteiger partial charge in [0.25, 0.3) is 0 Å². The van der Waals surface area contributed by atoms with E-state index >= 15 is 0 Å². The fraction of sp³-hybridized carbons (Fsp3) is 0.500. The second kappa shape index (κ2) is 5.36. The lowest BCUT2D eigenvalue weighted by Gasteiger charge is -2.19. The average Bonchev–Trinajstić information content (AvgIpc) is 3.14. The Morgan fingerprint density at radius 3 is 2.73 bits per heavy atom. The van der Waals surface area contributed by atoms with E-state index in [1.165, 1.54) is 11.8 Å². The van der Waals surface area contributed by atoms with Crippen molar-refractivity contribution in [3.8, 4) is 11.5 Å². The molecular weight excluding hydrogens is 310 g/mol. The molecule has 3 rings (SSSR count). The van der Waals surface area contributed by atoms with Gasteiger partial charge in [-0.15, -0.1) is 5.10 Å². The van der Waals surface area contributed by atoms with E-state index in [1.54, 1.807) is 4.68 Å². The molecule has 0 atom stereocenters. The van der Waals surface area contributed by atoms with E-state index in [4.69, 9.17) is 10.3 Å². The smallest absolute Gasteiger partial charge is 0.237 e. The molecule has 3 aromatic rings. The number of rotatable bonds is 4. The van der Waals surface area contributed by atoms with Crippen molar-refractivity contribution in [2.75, 3.05) is 5.73 Å². The van der Waals surface area contributed by atoms with E-state index < -0.39 is 0 Å². The second-order valence-corrected chi connectivity index (χ2v) is 6.29. The number of nitrogens with two attached hydrogens (primary N) is 1. The zero-order chi connectivity index (χ0) is 15.7. The Morgan fingerprint density at radius 1 is 1.23 bits per heavy atom. The molecule has 0 saturated heterocycles. The zero-order valence-electron chi connectivity index (χ0n) is 12.1. The Hall–Kier alpha value is -2.50.